The van der Waals surface area contributed by atoms with Crippen LogP contribution in [-0.4, -0.2) is 33.9 Å². The highest BCUT2D eigenvalue weighted by Crippen LogP contribution is 2.24. The van der Waals surface area contributed by atoms with Gasteiger partial charge in [-0.2, -0.15) is 0 Å². The van der Waals surface area contributed by atoms with Crippen LogP contribution in [0, 0.1) is 0 Å². The van der Waals surface area contributed by atoms with Gasteiger partial charge in [0.2, 0.25) is 0 Å². The number of H-pyrrole nitrogens is 1. The topological polar surface area (TPSA) is 49.0 Å². The summed E-state index contributed by atoms with van der Waals surface area (Å²) < 4.78 is 0. The van der Waals surface area contributed by atoms with Gasteiger partial charge in [0, 0.05) is 18.7 Å². The maximum Gasteiger partial charge on any atom is 0.253 e. The van der Waals surface area contributed by atoms with Crippen molar-refractivity contribution in [2.75, 3.05) is 13.1 Å². The van der Waals surface area contributed by atoms with Crippen LogP contribution in [0.2, 0.25) is 0 Å². The molecule has 3 aromatic rings. The zero-order valence-corrected chi connectivity index (χ0v) is 13.7. The molecule has 1 N–H and O–H groups in total. The molecule has 4 heteroatoms. The van der Waals surface area contributed by atoms with Gasteiger partial charge in [-0.3, -0.25) is 4.79 Å². The number of fused-ring (bicyclic) bond motifs is 1. The summed E-state index contributed by atoms with van der Waals surface area (Å²) in [6.07, 6.45) is 6.41. The second-order valence-corrected chi connectivity index (χ2v) is 6.42. The van der Waals surface area contributed by atoms with Crippen LogP contribution in [0.5, 0.6) is 0 Å². The van der Waals surface area contributed by atoms with Gasteiger partial charge < -0.3 is 9.88 Å². The molecule has 0 bridgehead atoms. The lowest BCUT2D eigenvalue weighted by atomic mass is 10.0. The largest absolute Gasteiger partial charge is 0.345 e. The molecule has 1 amide bonds. The maximum atomic E-state index is 12.7. The van der Waals surface area contributed by atoms with E-state index in [9.17, 15) is 4.79 Å². The van der Waals surface area contributed by atoms with Crippen LogP contribution in [0.4, 0.5) is 0 Å². The predicted molar refractivity (Wildman–Crippen MR) is 95.9 cm³/mol. The summed E-state index contributed by atoms with van der Waals surface area (Å²) in [7, 11) is 0. The summed E-state index contributed by atoms with van der Waals surface area (Å²) in [6, 6.07) is 14.1. The van der Waals surface area contributed by atoms with E-state index in [0.29, 0.717) is 0 Å². The molecule has 1 fully saturated rings. The van der Waals surface area contributed by atoms with E-state index in [-0.39, 0.29) is 5.91 Å². The molecule has 4 nitrogen and oxygen atoms in total. The van der Waals surface area contributed by atoms with E-state index in [1.54, 1.807) is 6.33 Å². The van der Waals surface area contributed by atoms with Crippen LogP contribution in [0.3, 0.4) is 0 Å². The van der Waals surface area contributed by atoms with E-state index in [0.717, 1.165) is 53.7 Å². The number of nitrogens with one attached hydrogen (secondary N) is 1. The molecule has 0 unspecified atom stereocenters. The van der Waals surface area contributed by atoms with Crippen LogP contribution in [0.25, 0.3) is 22.2 Å². The van der Waals surface area contributed by atoms with Gasteiger partial charge in [0.1, 0.15) is 0 Å². The number of nitrogens with zero attached hydrogens (tertiary/aromatic N) is 2. The number of carbonyl (C=O) groups is 1. The summed E-state index contributed by atoms with van der Waals surface area (Å²) in [5.41, 5.74) is 5.01. The lowest BCUT2D eigenvalue weighted by molar-refractivity contribution is 0.0761. The molecule has 0 aliphatic carbocycles. The van der Waals surface area contributed by atoms with E-state index in [1.165, 1.54) is 12.8 Å². The number of hydrogen-bond donors (Lipinski definition) is 1. The van der Waals surface area contributed by atoms with Crippen LogP contribution in [0.1, 0.15) is 36.0 Å². The number of imidazole rings is 1. The molecule has 0 spiro atoms. The Morgan fingerprint density at radius 3 is 2.38 bits per heavy atom. The molecule has 2 heterocycles. The standard InChI is InChI=1S/C20H21N3O/c24-20(23-11-3-1-2-4-12-23)16-7-5-15(6-8-16)17-9-10-18-19(13-17)22-14-21-18/h5-10,13-14H,1-4,11-12H2,(H,21,22). The summed E-state index contributed by atoms with van der Waals surface area (Å²) >= 11 is 0. The lowest BCUT2D eigenvalue weighted by Crippen LogP contribution is -2.31. The molecule has 4 rings (SSSR count). The Hall–Kier alpha value is -2.62. The average molecular weight is 319 g/mol. The van der Waals surface area contributed by atoms with E-state index < -0.39 is 0 Å². The van der Waals surface area contributed by atoms with Gasteiger partial charge in [-0.05, 0) is 48.2 Å². The first kappa shape index (κ1) is 14.9. The van der Waals surface area contributed by atoms with Crippen LogP contribution in [0.15, 0.2) is 48.8 Å². The Bertz CT molecular complexity index is 843. The molecular formula is C20H21N3O. The minimum atomic E-state index is 0.160. The predicted octanol–water partition coefficient (Wildman–Crippen LogP) is 4.25. The van der Waals surface area contributed by atoms with Crippen molar-refractivity contribution >= 4 is 16.9 Å². The molecule has 1 saturated heterocycles. The fraction of sp³-hybridized carbons (Fsp3) is 0.300. The number of carbonyl (C=O) groups excluding carboxylic acids is 1. The summed E-state index contributed by atoms with van der Waals surface area (Å²) in [4.78, 5) is 22.0. The monoisotopic (exact) mass is 319 g/mol. The number of aromatic amines is 1. The molecule has 0 radical (unpaired) electrons. The zero-order chi connectivity index (χ0) is 16.4. The van der Waals surface area contributed by atoms with Crippen molar-refractivity contribution in [1.82, 2.24) is 14.9 Å². The summed E-state index contributed by atoms with van der Waals surface area (Å²) in [5, 5.41) is 0. The molecule has 122 valence electrons. The lowest BCUT2D eigenvalue weighted by Gasteiger charge is -2.20. The Morgan fingerprint density at radius 1 is 0.917 bits per heavy atom. The first-order valence-corrected chi connectivity index (χ1v) is 8.64. The fourth-order valence-electron chi connectivity index (χ4n) is 3.38. The van der Waals surface area contributed by atoms with Gasteiger partial charge in [-0.15, -0.1) is 0 Å². The third-order valence-corrected chi connectivity index (χ3v) is 4.78. The molecule has 2 aromatic carbocycles. The second-order valence-electron chi connectivity index (χ2n) is 6.42. The highest BCUT2D eigenvalue weighted by Gasteiger charge is 2.17. The number of amides is 1. The molecule has 24 heavy (non-hydrogen) atoms. The first-order valence-electron chi connectivity index (χ1n) is 8.64. The quantitative estimate of drug-likeness (QED) is 0.768. The van der Waals surface area contributed by atoms with Crippen molar-refractivity contribution < 1.29 is 4.79 Å². The maximum absolute atomic E-state index is 12.7. The number of rotatable bonds is 2. The third kappa shape index (κ3) is 2.92. The zero-order valence-electron chi connectivity index (χ0n) is 13.7. The Labute approximate surface area is 141 Å². The van der Waals surface area contributed by atoms with Crippen molar-refractivity contribution in [3.05, 3.63) is 54.4 Å². The highest BCUT2D eigenvalue weighted by atomic mass is 16.2. The molecule has 1 aliphatic rings. The Balaban J connectivity index is 1.56. The van der Waals surface area contributed by atoms with Crippen molar-refractivity contribution in [2.45, 2.75) is 25.7 Å². The Kier molecular flexibility index (Phi) is 4.03. The highest BCUT2D eigenvalue weighted by molar-refractivity contribution is 5.95. The van der Waals surface area contributed by atoms with Crippen LogP contribution in [-0.2, 0) is 0 Å². The van der Waals surface area contributed by atoms with Gasteiger partial charge in [-0.1, -0.05) is 31.0 Å². The first-order chi connectivity index (χ1) is 11.8. The van der Waals surface area contributed by atoms with Crippen LogP contribution >= 0.6 is 0 Å². The van der Waals surface area contributed by atoms with Crippen molar-refractivity contribution in [3.63, 3.8) is 0 Å². The minimum absolute atomic E-state index is 0.160. The Morgan fingerprint density at radius 2 is 1.62 bits per heavy atom. The van der Waals surface area contributed by atoms with Gasteiger partial charge in [-0.25, -0.2) is 4.98 Å². The SMILES string of the molecule is O=C(c1ccc(-c2ccc3nc[nH]c3c2)cc1)N1CCCCCC1. The normalized spacial score (nSPS) is 15.4. The number of hydrogen-bond acceptors (Lipinski definition) is 2. The van der Waals surface area contributed by atoms with Crippen molar-refractivity contribution in [2.24, 2.45) is 0 Å². The second kappa shape index (κ2) is 6.48. The molecule has 0 saturated carbocycles. The number of benzene rings is 2. The van der Waals surface area contributed by atoms with Gasteiger partial charge in [0.05, 0.1) is 17.4 Å². The smallest absolute Gasteiger partial charge is 0.253 e. The third-order valence-electron chi connectivity index (χ3n) is 4.78. The number of aromatic nitrogens is 2. The van der Waals surface area contributed by atoms with Gasteiger partial charge in [0.25, 0.3) is 5.91 Å². The summed E-state index contributed by atoms with van der Waals surface area (Å²) in [6.45, 7) is 1.77. The summed E-state index contributed by atoms with van der Waals surface area (Å²) in [5.74, 6) is 0.160. The average Bonchev–Trinajstić information content (AvgIpc) is 2.93. The van der Waals surface area contributed by atoms with Gasteiger partial charge >= 0.3 is 0 Å². The van der Waals surface area contributed by atoms with Crippen LogP contribution < -0.4 is 0 Å². The van der Waals surface area contributed by atoms with Crippen molar-refractivity contribution in [3.8, 4) is 11.1 Å². The minimum Gasteiger partial charge on any atom is -0.345 e. The fourth-order valence-corrected chi connectivity index (χ4v) is 3.38. The molecule has 0 atom stereocenters. The van der Waals surface area contributed by atoms with E-state index in [4.69, 9.17) is 0 Å². The van der Waals surface area contributed by atoms with E-state index in [1.807, 2.05) is 35.2 Å². The molecule has 1 aliphatic heterocycles. The van der Waals surface area contributed by atoms with E-state index >= 15 is 0 Å². The van der Waals surface area contributed by atoms with Crippen molar-refractivity contribution in [1.29, 1.82) is 0 Å². The molecular weight excluding hydrogens is 298 g/mol. The molecule has 1 aromatic heterocycles. The van der Waals surface area contributed by atoms with E-state index in [2.05, 4.69) is 22.1 Å². The van der Waals surface area contributed by atoms with Gasteiger partial charge in [0.15, 0.2) is 0 Å². The number of likely N-dealkylation sites (tertiary alicyclic amines) is 1.